The molecule has 0 amide bonds. The maximum absolute atomic E-state index is 12.3. The van der Waals surface area contributed by atoms with Gasteiger partial charge in [0.1, 0.15) is 23.9 Å². The lowest BCUT2D eigenvalue weighted by molar-refractivity contribution is 0.0259. The number of hydrogen-bond donors (Lipinski definition) is 5. The van der Waals surface area contributed by atoms with Crippen LogP contribution in [0.3, 0.4) is 0 Å². The van der Waals surface area contributed by atoms with Crippen molar-refractivity contribution >= 4 is 22.6 Å². The lowest BCUT2D eigenvalue weighted by Gasteiger charge is -2.12. The van der Waals surface area contributed by atoms with Crippen LogP contribution in [0, 0.1) is 0 Å². The Morgan fingerprint density at radius 3 is 2.51 bits per heavy atom. The number of aryl methyl sites for hydroxylation is 1. The molecule has 0 aliphatic carbocycles. The fourth-order valence-corrected chi connectivity index (χ4v) is 4.44. The number of nitrogens with zero attached hydrogens (tertiary/aromatic N) is 1. The number of hydrogen-bond acceptors (Lipinski definition) is 7. The fraction of sp³-hybridized carbons (Fsp3) is 0.276. The normalized spacial score (nSPS) is 12.1. The summed E-state index contributed by atoms with van der Waals surface area (Å²) in [6, 6.07) is 14.7. The molecule has 194 valence electrons. The third-order valence-corrected chi connectivity index (χ3v) is 6.34. The highest BCUT2D eigenvalue weighted by Gasteiger charge is 2.18. The van der Waals surface area contributed by atoms with E-state index in [0.29, 0.717) is 22.2 Å². The second-order valence-electron chi connectivity index (χ2n) is 9.28. The highest BCUT2D eigenvalue weighted by molar-refractivity contribution is 5.90. The number of carbonyl (C=O) groups is 1. The van der Waals surface area contributed by atoms with E-state index < -0.39 is 12.1 Å². The molecule has 0 aliphatic heterocycles. The first-order valence-corrected chi connectivity index (χ1v) is 12.3. The number of rotatable bonds is 10. The third kappa shape index (κ3) is 6.16. The number of unbranched alkanes of at least 4 members (excludes halogenated alkanes) is 1. The quantitative estimate of drug-likeness (QED) is 0.158. The fourth-order valence-electron chi connectivity index (χ4n) is 4.44. The van der Waals surface area contributed by atoms with Crippen LogP contribution in [0.15, 0.2) is 60.8 Å². The van der Waals surface area contributed by atoms with Gasteiger partial charge >= 0.3 is 5.97 Å². The van der Waals surface area contributed by atoms with Crippen molar-refractivity contribution < 1.29 is 30.0 Å². The number of esters is 1. The minimum absolute atomic E-state index is 0.0155. The van der Waals surface area contributed by atoms with Crippen molar-refractivity contribution in [2.75, 3.05) is 12.3 Å². The Morgan fingerprint density at radius 2 is 1.81 bits per heavy atom. The molecular weight excluding hydrogens is 472 g/mol. The summed E-state index contributed by atoms with van der Waals surface area (Å²) in [6.45, 7) is 2.05. The number of fused-ring (bicyclic) bond motifs is 1. The summed E-state index contributed by atoms with van der Waals surface area (Å²) >= 11 is 0. The molecule has 6 N–H and O–H groups in total. The summed E-state index contributed by atoms with van der Waals surface area (Å²) in [6.07, 6.45) is 3.71. The number of anilines is 1. The molecule has 1 aromatic heterocycles. The summed E-state index contributed by atoms with van der Waals surface area (Å²) in [4.78, 5) is 12.3. The predicted molar refractivity (Wildman–Crippen MR) is 142 cm³/mol. The molecular formula is C29H32N2O6. The van der Waals surface area contributed by atoms with Crippen molar-refractivity contribution in [3.63, 3.8) is 0 Å². The van der Waals surface area contributed by atoms with Crippen LogP contribution in [0.25, 0.3) is 10.9 Å². The van der Waals surface area contributed by atoms with Crippen LogP contribution >= 0.6 is 0 Å². The zero-order valence-electron chi connectivity index (χ0n) is 20.7. The van der Waals surface area contributed by atoms with Gasteiger partial charge in [-0.2, -0.15) is 0 Å². The Bertz CT molecular complexity index is 1390. The molecule has 1 atom stereocenters. The summed E-state index contributed by atoms with van der Waals surface area (Å²) in [7, 11) is 0. The number of aliphatic hydroxyl groups is 1. The molecule has 3 aromatic carbocycles. The van der Waals surface area contributed by atoms with Crippen LogP contribution in [0.2, 0.25) is 0 Å². The number of benzene rings is 3. The van der Waals surface area contributed by atoms with Gasteiger partial charge in [-0.1, -0.05) is 19.4 Å². The molecule has 4 aromatic rings. The summed E-state index contributed by atoms with van der Waals surface area (Å²) in [5.41, 5.74) is 9.18. The first-order chi connectivity index (χ1) is 17.7. The van der Waals surface area contributed by atoms with E-state index in [1.165, 1.54) is 6.07 Å². The molecule has 0 aliphatic rings. The van der Waals surface area contributed by atoms with Crippen LogP contribution < -0.4 is 5.73 Å². The smallest absolute Gasteiger partial charge is 0.338 e. The van der Waals surface area contributed by atoms with Crippen LogP contribution in [0.4, 0.5) is 5.69 Å². The van der Waals surface area contributed by atoms with E-state index in [0.717, 1.165) is 35.9 Å². The van der Waals surface area contributed by atoms with Gasteiger partial charge in [0.05, 0.1) is 23.8 Å². The third-order valence-electron chi connectivity index (χ3n) is 6.34. The van der Waals surface area contributed by atoms with E-state index in [2.05, 4.69) is 6.92 Å². The molecule has 0 bridgehead atoms. The highest BCUT2D eigenvalue weighted by atomic mass is 16.5. The summed E-state index contributed by atoms with van der Waals surface area (Å²) < 4.78 is 7.10. The number of phenolic OH excluding ortho intramolecular Hbond substituents is 3. The topological polar surface area (TPSA) is 138 Å². The molecule has 37 heavy (non-hydrogen) atoms. The van der Waals surface area contributed by atoms with Gasteiger partial charge in [0, 0.05) is 29.2 Å². The van der Waals surface area contributed by atoms with Gasteiger partial charge in [-0.3, -0.25) is 0 Å². The zero-order valence-corrected chi connectivity index (χ0v) is 20.7. The summed E-state index contributed by atoms with van der Waals surface area (Å²) in [5, 5.41) is 42.6. The SMILES string of the molecule is CCCCc1cc(O)c(Cn2cc(CC(O)COC(=O)c3cccc(N)c3)c3cc(O)ccc32)c(O)c1. The van der Waals surface area contributed by atoms with Gasteiger partial charge in [0.15, 0.2) is 0 Å². The molecule has 0 saturated carbocycles. The number of carbonyl (C=O) groups excluding carboxylic acids is 1. The highest BCUT2D eigenvalue weighted by Crippen LogP contribution is 2.33. The molecule has 0 saturated heterocycles. The standard InChI is InChI=1S/C29H32N2O6/c1-2-3-5-18-10-27(34)25(28(35)11-18)16-31-15-20(24-14-22(32)8-9-26(24)31)13-23(33)17-37-29(36)19-6-4-7-21(30)12-19/h4,6-12,14-15,23,32-35H,2-3,5,13,16-17,30H2,1H3. The van der Waals surface area contributed by atoms with Gasteiger partial charge in [-0.05, 0) is 72.5 Å². The van der Waals surface area contributed by atoms with Gasteiger partial charge < -0.3 is 35.5 Å². The molecule has 8 heteroatoms. The average molecular weight is 505 g/mol. The predicted octanol–water partition coefficient (Wildman–Crippen LogP) is 4.49. The van der Waals surface area contributed by atoms with Crippen LogP contribution in [0.1, 0.15) is 46.8 Å². The van der Waals surface area contributed by atoms with E-state index in [-0.39, 0.29) is 36.8 Å². The number of aliphatic hydroxyl groups excluding tert-OH is 1. The number of aromatic nitrogens is 1. The molecule has 0 radical (unpaired) electrons. The number of aromatic hydroxyl groups is 3. The van der Waals surface area contributed by atoms with Crippen molar-refractivity contribution in [2.24, 2.45) is 0 Å². The number of nitrogen functional groups attached to an aromatic ring is 1. The van der Waals surface area contributed by atoms with Crippen molar-refractivity contribution in [3.05, 3.63) is 83.0 Å². The average Bonchev–Trinajstić information content (AvgIpc) is 3.19. The Balaban J connectivity index is 1.53. The largest absolute Gasteiger partial charge is 0.508 e. The van der Waals surface area contributed by atoms with E-state index in [4.69, 9.17) is 10.5 Å². The van der Waals surface area contributed by atoms with E-state index in [1.54, 1.807) is 54.7 Å². The first-order valence-electron chi connectivity index (χ1n) is 12.3. The van der Waals surface area contributed by atoms with Crippen molar-refractivity contribution in [3.8, 4) is 17.2 Å². The first kappa shape index (κ1) is 25.9. The van der Waals surface area contributed by atoms with E-state index in [9.17, 15) is 25.2 Å². The molecule has 1 heterocycles. The minimum atomic E-state index is -0.994. The maximum atomic E-state index is 12.3. The van der Waals surface area contributed by atoms with Crippen LogP contribution in [0.5, 0.6) is 17.2 Å². The van der Waals surface area contributed by atoms with Gasteiger partial charge in [0.25, 0.3) is 0 Å². The molecule has 1 unspecified atom stereocenters. The number of phenols is 3. The molecule has 8 nitrogen and oxygen atoms in total. The molecule has 0 fully saturated rings. The Hall–Kier alpha value is -4.17. The zero-order chi connectivity index (χ0) is 26.5. The lowest BCUT2D eigenvalue weighted by atomic mass is 10.0. The van der Waals surface area contributed by atoms with Crippen molar-refractivity contribution in [1.29, 1.82) is 0 Å². The van der Waals surface area contributed by atoms with Gasteiger partial charge in [-0.25, -0.2) is 4.79 Å². The Morgan fingerprint density at radius 1 is 1.05 bits per heavy atom. The summed E-state index contributed by atoms with van der Waals surface area (Å²) in [5.74, 6) is -0.483. The van der Waals surface area contributed by atoms with Crippen molar-refractivity contribution in [1.82, 2.24) is 4.57 Å². The van der Waals surface area contributed by atoms with E-state index in [1.807, 2.05) is 4.57 Å². The minimum Gasteiger partial charge on any atom is -0.508 e. The van der Waals surface area contributed by atoms with E-state index >= 15 is 0 Å². The molecule has 4 rings (SSSR count). The lowest BCUT2D eigenvalue weighted by Crippen LogP contribution is -2.21. The van der Waals surface area contributed by atoms with Gasteiger partial charge in [0.2, 0.25) is 0 Å². The van der Waals surface area contributed by atoms with Crippen molar-refractivity contribution in [2.45, 2.75) is 45.3 Å². The van der Waals surface area contributed by atoms with Crippen LogP contribution in [-0.4, -0.2) is 43.7 Å². The van der Waals surface area contributed by atoms with Crippen LogP contribution in [-0.2, 0) is 24.1 Å². The number of nitrogens with two attached hydrogens (primary N) is 1. The Kier molecular flexibility index (Phi) is 7.89. The van der Waals surface area contributed by atoms with Gasteiger partial charge in [-0.15, -0.1) is 0 Å². The Labute approximate surface area is 215 Å². The number of ether oxygens (including phenoxy) is 1. The second-order valence-corrected chi connectivity index (χ2v) is 9.28. The maximum Gasteiger partial charge on any atom is 0.338 e. The monoisotopic (exact) mass is 504 g/mol. The molecule has 0 spiro atoms. The second kappa shape index (κ2) is 11.3.